The quantitative estimate of drug-likeness (QED) is 0.287. The Morgan fingerprint density at radius 3 is 2.00 bits per heavy atom. The summed E-state index contributed by atoms with van der Waals surface area (Å²) in [6.45, 7) is 6.38. The SMILES string of the molecule is CC1(C)[C@@H](O)[C@@H](O)[C@H]2[C@](C)(O)[C@@H]3CC[C@@H]4C(O)[C@@]3(C[C@@H](O)[C@@]21O)C[C@@]4(C)O. The summed E-state index contributed by atoms with van der Waals surface area (Å²) >= 11 is 0. The van der Waals surface area contributed by atoms with Crippen LogP contribution in [-0.2, 0) is 0 Å². The summed E-state index contributed by atoms with van der Waals surface area (Å²) in [5.41, 5.74) is -6.94. The first-order valence-corrected chi connectivity index (χ1v) is 10.0. The molecule has 0 heterocycles. The summed E-state index contributed by atoms with van der Waals surface area (Å²) in [5, 5.41) is 78.0. The molecular formula is C20H34O7. The van der Waals surface area contributed by atoms with E-state index in [2.05, 4.69) is 0 Å². The fourth-order valence-electron chi connectivity index (χ4n) is 7.95. The summed E-state index contributed by atoms with van der Waals surface area (Å²) in [6.07, 6.45) is -3.78. The molecule has 1 spiro atoms. The highest BCUT2D eigenvalue weighted by molar-refractivity contribution is 5.27. The predicted octanol–water partition coefficient (Wildman–Crippen LogP) is -0.861. The van der Waals surface area contributed by atoms with E-state index in [-0.39, 0.29) is 18.8 Å². The van der Waals surface area contributed by atoms with E-state index in [9.17, 15) is 35.7 Å². The summed E-state index contributed by atoms with van der Waals surface area (Å²) in [6, 6.07) is 0. The monoisotopic (exact) mass is 386 g/mol. The minimum Gasteiger partial charge on any atom is -0.392 e. The molecule has 4 aliphatic rings. The molecule has 156 valence electrons. The largest absolute Gasteiger partial charge is 0.392 e. The summed E-state index contributed by atoms with van der Waals surface area (Å²) in [7, 11) is 0. The summed E-state index contributed by atoms with van der Waals surface area (Å²) < 4.78 is 0. The van der Waals surface area contributed by atoms with Gasteiger partial charge in [-0.05, 0) is 45.4 Å². The van der Waals surface area contributed by atoms with Crippen molar-refractivity contribution < 1.29 is 35.7 Å². The molecule has 0 aliphatic heterocycles. The molecule has 11 atom stereocenters. The lowest BCUT2D eigenvalue weighted by atomic mass is 9.57. The van der Waals surface area contributed by atoms with Crippen LogP contribution in [0.15, 0.2) is 0 Å². The number of hydrogen-bond donors (Lipinski definition) is 7. The zero-order valence-corrected chi connectivity index (χ0v) is 16.5. The van der Waals surface area contributed by atoms with Gasteiger partial charge in [-0.2, -0.15) is 0 Å². The normalized spacial score (nSPS) is 64.8. The van der Waals surface area contributed by atoms with Crippen LogP contribution in [0.5, 0.6) is 0 Å². The Kier molecular flexibility index (Phi) is 3.89. The van der Waals surface area contributed by atoms with Gasteiger partial charge in [-0.3, -0.25) is 0 Å². The maximum absolute atomic E-state index is 11.7. The number of aliphatic hydroxyl groups excluding tert-OH is 4. The van der Waals surface area contributed by atoms with Gasteiger partial charge in [-0.1, -0.05) is 13.8 Å². The molecule has 0 radical (unpaired) electrons. The van der Waals surface area contributed by atoms with E-state index in [1.54, 1.807) is 20.8 Å². The van der Waals surface area contributed by atoms with E-state index in [1.807, 2.05) is 0 Å². The Morgan fingerprint density at radius 1 is 0.815 bits per heavy atom. The average molecular weight is 386 g/mol. The first-order valence-electron chi connectivity index (χ1n) is 10.0. The molecule has 4 saturated carbocycles. The van der Waals surface area contributed by atoms with E-state index in [4.69, 9.17) is 0 Å². The third-order valence-electron chi connectivity index (χ3n) is 9.24. The van der Waals surface area contributed by atoms with Gasteiger partial charge in [0.2, 0.25) is 0 Å². The molecule has 27 heavy (non-hydrogen) atoms. The number of rotatable bonds is 0. The third-order valence-corrected chi connectivity index (χ3v) is 9.24. The summed E-state index contributed by atoms with van der Waals surface area (Å²) in [4.78, 5) is 0. The van der Waals surface area contributed by atoms with Gasteiger partial charge in [0.05, 0.1) is 35.6 Å². The van der Waals surface area contributed by atoms with E-state index < -0.39 is 63.9 Å². The van der Waals surface area contributed by atoms with E-state index in [0.717, 1.165) is 0 Å². The average Bonchev–Trinajstić information content (AvgIpc) is 2.71. The molecule has 0 aromatic heterocycles. The van der Waals surface area contributed by atoms with Crippen LogP contribution < -0.4 is 0 Å². The highest BCUT2D eigenvalue weighted by Gasteiger charge is 2.78. The van der Waals surface area contributed by atoms with Crippen molar-refractivity contribution in [3.63, 3.8) is 0 Å². The lowest BCUT2D eigenvalue weighted by Crippen LogP contribution is -2.62. The van der Waals surface area contributed by atoms with Gasteiger partial charge in [0.1, 0.15) is 5.60 Å². The van der Waals surface area contributed by atoms with Gasteiger partial charge < -0.3 is 35.7 Å². The zero-order valence-electron chi connectivity index (χ0n) is 16.5. The Hall–Kier alpha value is -0.280. The standard InChI is InChI=1S/C20H34O7/c1-16(2)15(24)12(22)13-18(4,26)10-6-5-9-14(23)19(10,8-17(9,3)25)7-11(21)20(13,16)27/h9-15,21-27H,5-8H2,1-4H3/t9-,10+,11-,12+,13+,14?,15+,17-,18-,19+,20-/m1/s1. The molecule has 1 unspecified atom stereocenters. The maximum Gasteiger partial charge on any atom is 0.106 e. The minimum atomic E-state index is -1.94. The van der Waals surface area contributed by atoms with Gasteiger partial charge in [0, 0.05) is 22.7 Å². The third kappa shape index (κ3) is 2.02. The van der Waals surface area contributed by atoms with Crippen molar-refractivity contribution in [2.24, 2.45) is 28.6 Å². The van der Waals surface area contributed by atoms with Crippen LogP contribution in [-0.4, -0.2) is 77.0 Å². The maximum atomic E-state index is 11.7. The van der Waals surface area contributed by atoms with Crippen molar-refractivity contribution in [1.82, 2.24) is 0 Å². The molecule has 7 nitrogen and oxygen atoms in total. The number of hydrogen-bond acceptors (Lipinski definition) is 7. The number of fused-ring (bicyclic) bond motifs is 2. The fourth-order valence-corrected chi connectivity index (χ4v) is 7.95. The Morgan fingerprint density at radius 2 is 1.41 bits per heavy atom. The van der Waals surface area contributed by atoms with E-state index in [0.29, 0.717) is 12.8 Å². The molecular weight excluding hydrogens is 352 g/mol. The van der Waals surface area contributed by atoms with Crippen LogP contribution in [0.3, 0.4) is 0 Å². The molecule has 0 amide bonds. The molecule has 4 fully saturated rings. The molecule has 0 aromatic rings. The van der Waals surface area contributed by atoms with Crippen LogP contribution >= 0.6 is 0 Å². The lowest BCUT2D eigenvalue weighted by molar-refractivity contribution is -0.209. The Balaban J connectivity index is 1.92. The number of aliphatic hydroxyl groups is 7. The van der Waals surface area contributed by atoms with Gasteiger partial charge >= 0.3 is 0 Å². The summed E-state index contributed by atoms with van der Waals surface area (Å²) in [5.74, 6) is -2.06. The van der Waals surface area contributed by atoms with Gasteiger partial charge in [0.15, 0.2) is 0 Å². The highest BCUT2D eigenvalue weighted by atomic mass is 16.4. The Labute approximate surface area is 159 Å². The van der Waals surface area contributed by atoms with Crippen LogP contribution in [0.1, 0.15) is 53.4 Å². The molecule has 4 aliphatic carbocycles. The van der Waals surface area contributed by atoms with Crippen molar-refractivity contribution in [3.05, 3.63) is 0 Å². The van der Waals surface area contributed by atoms with Gasteiger partial charge in [-0.25, -0.2) is 0 Å². The molecule has 0 aromatic carbocycles. The molecule has 7 N–H and O–H groups in total. The molecule has 0 saturated heterocycles. The van der Waals surface area contributed by atoms with Crippen molar-refractivity contribution in [1.29, 1.82) is 0 Å². The minimum absolute atomic E-state index is 0.00248. The van der Waals surface area contributed by atoms with E-state index in [1.165, 1.54) is 6.92 Å². The molecule has 7 heteroatoms. The van der Waals surface area contributed by atoms with Crippen LogP contribution in [0.4, 0.5) is 0 Å². The van der Waals surface area contributed by atoms with Gasteiger partial charge in [0.25, 0.3) is 0 Å². The second-order valence-electron chi connectivity index (χ2n) is 10.9. The lowest BCUT2D eigenvalue weighted by Gasteiger charge is -2.51. The first-order chi connectivity index (χ1) is 12.2. The molecule has 4 rings (SSSR count). The first kappa shape index (κ1) is 20.0. The zero-order chi connectivity index (χ0) is 20.4. The van der Waals surface area contributed by atoms with Crippen LogP contribution in [0.25, 0.3) is 0 Å². The van der Waals surface area contributed by atoms with Gasteiger partial charge in [-0.15, -0.1) is 0 Å². The van der Waals surface area contributed by atoms with Crippen molar-refractivity contribution in [2.45, 2.75) is 94.6 Å². The van der Waals surface area contributed by atoms with Crippen molar-refractivity contribution in [2.75, 3.05) is 0 Å². The van der Waals surface area contributed by atoms with Crippen molar-refractivity contribution in [3.8, 4) is 0 Å². The topological polar surface area (TPSA) is 142 Å². The van der Waals surface area contributed by atoms with Crippen LogP contribution in [0, 0.1) is 28.6 Å². The van der Waals surface area contributed by atoms with E-state index >= 15 is 0 Å². The smallest absolute Gasteiger partial charge is 0.106 e. The molecule has 2 bridgehead atoms. The predicted molar refractivity (Wildman–Crippen MR) is 95.4 cm³/mol. The van der Waals surface area contributed by atoms with Crippen LogP contribution in [0.2, 0.25) is 0 Å². The fraction of sp³-hybridized carbons (Fsp3) is 1.00. The van der Waals surface area contributed by atoms with Crippen molar-refractivity contribution >= 4 is 0 Å². The highest BCUT2D eigenvalue weighted by Crippen LogP contribution is 2.69. The second-order valence-corrected chi connectivity index (χ2v) is 10.9. The Bertz CT molecular complexity index is 646. The second kappa shape index (κ2) is 5.25.